The van der Waals surface area contributed by atoms with E-state index in [0.29, 0.717) is 0 Å². The number of halogens is 2. The quantitative estimate of drug-likeness (QED) is 0.150. The van der Waals surface area contributed by atoms with E-state index < -0.39 is 0 Å². The molecule has 0 spiro atoms. The molecule has 3 aliphatic carbocycles. The van der Waals surface area contributed by atoms with Crippen molar-refractivity contribution in [3.63, 3.8) is 0 Å². The predicted octanol–water partition coefficient (Wildman–Crippen LogP) is 15.8. The van der Waals surface area contributed by atoms with E-state index in [2.05, 4.69) is 223 Å². The SMILES string of the molecule is CCc1ccc(N(c2ccc(Br)cc2)c2ccc3c(c2)C2=C(C3)C(C)(C)C3C(=Cc4ccc(N(c5ccc(Br)cc5)c5ccc(CC)cc5)cc43)C2(C)C)cc1. The first-order chi connectivity index (χ1) is 27.0. The lowest BCUT2D eigenvalue weighted by Gasteiger charge is -2.48. The molecule has 6 aromatic rings. The molecule has 9 rings (SSSR count). The summed E-state index contributed by atoms with van der Waals surface area (Å²) >= 11 is 7.33. The van der Waals surface area contributed by atoms with Crippen molar-refractivity contribution in [2.45, 2.75) is 66.7 Å². The molecule has 0 saturated carbocycles. The second-order valence-corrected chi connectivity index (χ2v) is 18.6. The second-order valence-electron chi connectivity index (χ2n) is 16.7. The van der Waals surface area contributed by atoms with Gasteiger partial charge in [0.25, 0.3) is 0 Å². The molecule has 0 bridgehead atoms. The molecule has 3 aliphatic rings. The summed E-state index contributed by atoms with van der Waals surface area (Å²) in [5.74, 6) is 0.283. The summed E-state index contributed by atoms with van der Waals surface area (Å²) in [6, 6.07) is 49.9. The Bertz CT molecular complexity index is 2520. The monoisotopic (exact) mass is 858 g/mol. The zero-order valence-electron chi connectivity index (χ0n) is 33.1. The lowest BCUT2D eigenvalue weighted by Crippen LogP contribution is -2.36. The maximum Gasteiger partial charge on any atom is 0.0467 e. The third-order valence-electron chi connectivity index (χ3n) is 12.8. The molecule has 0 radical (unpaired) electrons. The highest BCUT2D eigenvalue weighted by molar-refractivity contribution is 9.10. The average molecular weight is 861 g/mol. The summed E-state index contributed by atoms with van der Waals surface area (Å²) in [5, 5.41) is 0. The van der Waals surface area contributed by atoms with Crippen LogP contribution in [0, 0.1) is 10.8 Å². The molecule has 2 nitrogen and oxygen atoms in total. The van der Waals surface area contributed by atoms with Gasteiger partial charge < -0.3 is 9.80 Å². The Morgan fingerprint density at radius 3 is 1.50 bits per heavy atom. The van der Waals surface area contributed by atoms with Crippen LogP contribution in [0.25, 0.3) is 11.6 Å². The van der Waals surface area contributed by atoms with Crippen LogP contribution in [0.15, 0.2) is 154 Å². The van der Waals surface area contributed by atoms with Crippen molar-refractivity contribution in [3.05, 3.63) is 187 Å². The van der Waals surface area contributed by atoms with Crippen LogP contribution in [0.2, 0.25) is 0 Å². The molecule has 6 aromatic carbocycles. The van der Waals surface area contributed by atoms with E-state index in [1.54, 1.807) is 5.57 Å². The molecular weight excluding hydrogens is 812 g/mol. The van der Waals surface area contributed by atoms with Crippen molar-refractivity contribution in [1.82, 2.24) is 0 Å². The smallest absolute Gasteiger partial charge is 0.0467 e. The zero-order chi connectivity index (χ0) is 38.9. The lowest BCUT2D eigenvalue weighted by molar-refractivity contribution is 0.328. The highest BCUT2D eigenvalue weighted by Crippen LogP contribution is 2.67. The van der Waals surface area contributed by atoms with Crippen LogP contribution in [-0.4, -0.2) is 0 Å². The topological polar surface area (TPSA) is 6.48 Å². The fourth-order valence-corrected chi connectivity index (χ4v) is 10.3. The Kier molecular flexibility index (Phi) is 9.29. The van der Waals surface area contributed by atoms with Gasteiger partial charge >= 0.3 is 0 Å². The molecule has 0 saturated heterocycles. The van der Waals surface area contributed by atoms with Crippen LogP contribution < -0.4 is 9.80 Å². The number of fused-ring (bicyclic) bond motifs is 5. The van der Waals surface area contributed by atoms with Crippen molar-refractivity contribution >= 4 is 77.6 Å². The number of rotatable bonds is 8. The second kappa shape index (κ2) is 14.1. The van der Waals surface area contributed by atoms with Gasteiger partial charge in [-0.2, -0.15) is 0 Å². The van der Waals surface area contributed by atoms with E-state index in [9.17, 15) is 0 Å². The minimum atomic E-state index is -0.148. The van der Waals surface area contributed by atoms with Crippen LogP contribution in [-0.2, 0) is 19.3 Å². The van der Waals surface area contributed by atoms with Gasteiger partial charge in [-0.15, -0.1) is 0 Å². The van der Waals surface area contributed by atoms with Gasteiger partial charge in [0.1, 0.15) is 0 Å². The first-order valence-corrected chi connectivity index (χ1v) is 21.6. The number of nitrogens with zero attached hydrogens (tertiary/aromatic N) is 2. The molecule has 0 amide bonds. The molecule has 0 heterocycles. The summed E-state index contributed by atoms with van der Waals surface area (Å²) in [6.07, 6.45) is 5.56. The van der Waals surface area contributed by atoms with Crippen LogP contribution in [0.5, 0.6) is 0 Å². The Hall–Kier alpha value is -4.64. The Morgan fingerprint density at radius 2 is 1.00 bits per heavy atom. The molecule has 0 fully saturated rings. The molecule has 4 heteroatoms. The van der Waals surface area contributed by atoms with Crippen molar-refractivity contribution in [1.29, 1.82) is 0 Å². The highest BCUT2D eigenvalue weighted by Gasteiger charge is 2.54. The summed E-state index contributed by atoms with van der Waals surface area (Å²) in [4.78, 5) is 4.82. The van der Waals surface area contributed by atoms with Gasteiger partial charge in [-0.3, -0.25) is 0 Å². The van der Waals surface area contributed by atoms with E-state index in [0.717, 1.165) is 39.6 Å². The van der Waals surface area contributed by atoms with Gasteiger partial charge in [-0.05, 0) is 161 Å². The van der Waals surface area contributed by atoms with E-state index in [1.807, 2.05) is 0 Å². The molecule has 0 aliphatic heterocycles. The predicted molar refractivity (Wildman–Crippen MR) is 245 cm³/mol. The van der Waals surface area contributed by atoms with Gasteiger partial charge in [-0.25, -0.2) is 0 Å². The first-order valence-electron chi connectivity index (χ1n) is 20.0. The van der Waals surface area contributed by atoms with Gasteiger partial charge in [-0.1, -0.05) is 127 Å². The van der Waals surface area contributed by atoms with E-state index >= 15 is 0 Å². The minimum absolute atomic E-state index is 0.0770. The lowest BCUT2D eigenvalue weighted by atomic mass is 9.55. The maximum absolute atomic E-state index is 3.67. The van der Waals surface area contributed by atoms with Gasteiger partial charge in [0.2, 0.25) is 0 Å². The normalized spacial score (nSPS) is 17.1. The van der Waals surface area contributed by atoms with E-state index in [1.165, 1.54) is 67.3 Å². The molecule has 1 atom stereocenters. The van der Waals surface area contributed by atoms with Crippen molar-refractivity contribution in [2.24, 2.45) is 10.8 Å². The standard InChI is InChI=1S/C52H48Br2N2/c1-7-33-9-19-39(20-10-33)55(41-25-15-37(53)16-26-41)43-23-13-35-29-47-49(45(35)31-43)51(3,4)48-30-36-14-24-44(32-46(36)50(48)52(47,5)6)56(42-27-17-38(54)18-28-42)40-21-11-34(8-2)12-22-40/h9-29,31-32,49H,7-8,30H2,1-6H3. The van der Waals surface area contributed by atoms with Crippen molar-refractivity contribution < 1.29 is 0 Å². The van der Waals surface area contributed by atoms with Crippen LogP contribution in [0.1, 0.15) is 80.8 Å². The Balaban J connectivity index is 1.14. The molecular formula is C52H48Br2N2. The highest BCUT2D eigenvalue weighted by atomic mass is 79.9. The fraction of sp³-hybridized carbons (Fsp3) is 0.231. The summed E-state index contributed by atoms with van der Waals surface area (Å²) in [7, 11) is 0. The maximum atomic E-state index is 3.67. The summed E-state index contributed by atoms with van der Waals surface area (Å²) in [5.41, 5.74) is 19.7. The number of hydrogen-bond donors (Lipinski definition) is 0. The molecule has 280 valence electrons. The van der Waals surface area contributed by atoms with Crippen LogP contribution >= 0.6 is 31.9 Å². The van der Waals surface area contributed by atoms with Crippen molar-refractivity contribution in [2.75, 3.05) is 9.80 Å². The molecule has 56 heavy (non-hydrogen) atoms. The van der Waals surface area contributed by atoms with Crippen LogP contribution in [0.3, 0.4) is 0 Å². The Labute approximate surface area is 349 Å². The van der Waals surface area contributed by atoms with Crippen LogP contribution in [0.4, 0.5) is 34.1 Å². The first kappa shape index (κ1) is 37.0. The number of allylic oxidation sites excluding steroid dienone is 3. The zero-order valence-corrected chi connectivity index (χ0v) is 36.3. The van der Waals surface area contributed by atoms with Gasteiger partial charge in [0.05, 0.1) is 0 Å². The number of anilines is 6. The number of hydrogen-bond acceptors (Lipinski definition) is 2. The third-order valence-corrected chi connectivity index (χ3v) is 13.8. The van der Waals surface area contributed by atoms with E-state index in [-0.39, 0.29) is 16.7 Å². The molecule has 0 aromatic heterocycles. The van der Waals surface area contributed by atoms with Gasteiger partial charge in [0, 0.05) is 54.4 Å². The van der Waals surface area contributed by atoms with Crippen molar-refractivity contribution in [3.8, 4) is 0 Å². The minimum Gasteiger partial charge on any atom is -0.310 e. The molecule has 1 unspecified atom stereocenters. The number of aryl methyl sites for hydroxylation is 2. The van der Waals surface area contributed by atoms with Gasteiger partial charge in [0.15, 0.2) is 0 Å². The summed E-state index contributed by atoms with van der Waals surface area (Å²) in [6.45, 7) is 14.4. The largest absolute Gasteiger partial charge is 0.310 e. The fourth-order valence-electron chi connectivity index (χ4n) is 9.77. The Morgan fingerprint density at radius 1 is 0.554 bits per heavy atom. The average Bonchev–Trinajstić information content (AvgIpc) is 3.81. The third kappa shape index (κ3) is 6.12. The van der Waals surface area contributed by atoms with E-state index in [4.69, 9.17) is 0 Å². The molecule has 0 N–H and O–H groups in total. The summed E-state index contributed by atoms with van der Waals surface area (Å²) < 4.78 is 2.16. The number of benzene rings is 6.